The molecule has 1 atom stereocenters. The summed E-state index contributed by atoms with van der Waals surface area (Å²) >= 11 is 0. The normalized spacial score (nSPS) is 13.2. The molecule has 18 heavy (non-hydrogen) atoms. The predicted molar refractivity (Wildman–Crippen MR) is 67.6 cm³/mol. The lowest BCUT2D eigenvalue weighted by molar-refractivity contribution is 0.359. The van der Waals surface area contributed by atoms with E-state index in [0.717, 1.165) is 6.42 Å². The number of hydrogen-bond acceptors (Lipinski definition) is 5. The van der Waals surface area contributed by atoms with Gasteiger partial charge in [-0.05, 0) is 12.3 Å². The molecule has 2 heterocycles. The van der Waals surface area contributed by atoms with Gasteiger partial charge < -0.3 is 14.8 Å². The van der Waals surface area contributed by atoms with Crippen molar-refractivity contribution >= 4 is 0 Å². The number of nitrogens with two attached hydrogens (primary N) is 1. The van der Waals surface area contributed by atoms with E-state index in [0.29, 0.717) is 29.9 Å². The first-order chi connectivity index (χ1) is 8.56. The van der Waals surface area contributed by atoms with Crippen LogP contribution in [0.2, 0.25) is 0 Å². The number of imidazole rings is 1. The van der Waals surface area contributed by atoms with Crippen LogP contribution in [0, 0.1) is 5.92 Å². The Kier molecular flexibility index (Phi) is 3.76. The molecule has 6 heteroatoms. The molecule has 0 aliphatic rings. The first kappa shape index (κ1) is 12.8. The van der Waals surface area contributed by atoms with Gasteiger partial charge in [0.05, 0.1) is 0 Å². The van der Waals surface area contributed by atoms with Gasteiger partial charge in [0, 0.05) is 31.9 Å². The molecule has 98 valence electrons. The van der Waals surface area contributed by atoms with Crippen LogP contribution in [0.25, 0.3) is 11.6 Å². The topological polar surface area (TPSA) is 82.8 Å². The molecule has 1 unspecified atom stereocenters. The third kappa shape index (κ3) is 2.95. The smallest absolute Gasteiger partial charge is 0.238 e. The van der Waals surface area contributed by atoms with E-state index in [1.807, 2.05) is 17.8 Å². The third-order valence-corrected chi connectivity index (χ3v) is 2.70. The minimum Gasteiger partial charge on any atom is -0.339 e. The van der Waals surface area contributed by atoms with Gasteiger partial charge in [-0.1, -0.05) is 19.0 Å². The van der Waals surface area contributed by atoms with Gasteiger partial charge in [0.1, 0.15) is 0 Å². The number of nitrogens with zero attached hydrogens (tertiary/aromatic N) is 4. The van der Waals surface area contributed by atoms with Crippen LogP contribution < -0.4 is 5.73 Å². The van der Waals surface area contributed by atoms with E-state index in [4.69, 9.17) is 10.3 Å². The summed E-state index contributed by atoms with van der Waals surface area (Å²) in [5.74, 6) is 2.34. The molecule has 0 bridgehead atoms. The van der Waals surface area contributed by atoms with Crippen LogP contribution in [0.5, 0.6) is 0 Å². The Morgan fingerprint density at radius 2 is 2.22 bits per heavy atom. The highest BCUT2D eigenvalue weighted by atomic mass is 16.5. The minimum absolute atomic E-state index is 0.0553. The largest absolute Gasteiger partial charge is 0.339 e. The van der Waals surface area contributed by atoms with Crippen LogP contribution in [0.1, 0.15) is 26.2 Å². The van der Waals surface area contributed by atoms with Gasteiger partial charge in [0.25, 0.3) is 0 Å². The van der Waals surface area contributed by atoms with Crippen molar-refractivity contribution in [1.29, 1.82) is 0 Å². The molecular formula is C12H19N5O. The Labute approximate surface area is 106 Å². The van der Waals surface area contributed by atoms with Crippen LogP contribution in [0.4, 0.5) is 0 Å². The summed E-state index contributed by atoms with van der Waals surface area (Å²) < 4.78 is 7.05. The Morgan fingerprint density at radius 1 is 1.44 bits per heavy atom. The van der Waals surface area contributed by atoms with Crippen LogP contribution in [0.3, 0.4) is 0 Å². The Morgan fingerprint density at radius 3 is 2.83 bits per heavy atom. The maximum Gasteiger partial charge on any atom is 0.238 e. The Bertz CT molecular complexity index is 502. The fourth-order valence-electron chi connectivity index (χ4n) is 1.92. The van der Waals surface area contributed by atoms with Crippen LogP contribution >= 0.6 is 0 Å². The number of rotatable bonds is 5. The molecule has 0 amide bonds. The molecule has 0 aromatic carbocycles. The van der Waals surface area contributed by atoms with E-state index in [1.54, 1.807) is 6.20 Å². The molecule has 0 saturated carbocycles. The van der Waals surface area contributed by atoms with E-state index in [9.17, 15) is 0 Å². The molecule has 0 aliphatic heterocycles. The SMILES string of the molecule is CC(C)CC(N)Cc1nc(-c2nccn2C)no1. The zero-order valence-electron chi connectivity index (χ0n) is 11.0. The summed E-state index contributed by atoms with van der Waals surface area (Å²) in [6.07, 6.45) is 5.10. The second-order valence-electron chi connectivity index (χ2n) is 4.97. The second-order valence-corrected chi connectivity index (χ2v) is 4.97. The first-order valence-corrected chi connectivity index (χ1v) is 6.12. The molecule has 2 aromatic rings. The van der Waals surface area contributed by atoms with Crippen molar-refractivity contribution in [1.82, 2.24) is 19.7 Å². The highest BCUT2D eigenvalue weighted by Crippen LogP contribution is 2.14. The summed E-state index contributed by atoms with van der Waals surface area (Å²) in [4.78, 5) is 8.49. The van der Waals surface area contributed by atoms with Crippen molar-refractivity contribution in [2.75, 3.05) is 0 Å². The summed E-state index contributed by atoms with van der Waals surface area (Å²) in [5.41, 5.74) is 6.02. The Hall–Kier alpha value is -1.69. The number of aryl methyl sites for hydroxylation is 1. The maximum absolute atomic E-state index is 6.02. The summed E-state index contributed by atoms with van der Waals surface area (Å²) in [5, 5.41) is 3.93. The first-order valence-electron chi connectivity index (χ1n) is 6.12. The van der Waals surface area contributed by atoms with Crippen molar-refractivity contribution in [2.24, 2.45) is 18.7 Å². The maximum atomic E-state index is 6.02. The van der Waals surface area contributed by atoms with Gasteiger partial charge in [-0.15, -0.1) is 0 Å². The number of aromatic nitrogens is 4. The van der Waals surface area contributed by atoms with Gasteiger partial charge >= 0.3 is 0 Å². The van der Waals surface area contributed by atoms with E-state index >= 15 is 0 Å². The lowest BCUT2D eigenvalue weighted by Gasteiger charge is -2.10. The number of hydrogen-bond donors (Lipinski definition) is 1. The molecule has 0 aliphatic carbocycles. The van der Waals surface area contributed by atoms with Crippen molar-refractivity contribution in [3.8, 4) is 11.6 Å². The average molecular weight is 249 g/mol. The van der Waals surface area contributed by atoms with Crippen LogP contribution in [-0.2, 0) is 13.5 Å². The quantitative estimate of drug-likeness (QED) is 0.865. The lowest BCUT2D eigenvalue weighted by Crippen LogP contribution is -2.24. The zero-order valence-corrected chi connectivity index (χ0v) is 11.0. The van der Waals surface area contributed by atoms with E-state index in [-0.39, 0.29) is 6.04 Å². The van der Waals surface area contributed by atoms with E-state index in [1.165, 1.54) is 0 Å². The Balaban J connectivity index is 2.05. The van der Waals surface area contributed by atoms with E-state index < -0.39 is 0 Å². The van der Waals surface area contributed by atoms with Crippen molar-refractivity contribution in [2.45, 2.75) is 32.7 Å². The van der Waals surface area contributed by atoms with E-state index in [2.05, 4.69) is 29.0 Å². The predicted octanol–water partition coefficient (Wildman–Crippen LogP) is 1.39. The van der Waals surface area contributed by atoms with Crippen molar-refractivity contribution in [3.05, 3.63) is 18.3 Å². The standard InChI is InChI=1S/C12H19N5O/c1-8(2)6-9(13)7-10-15-11(16-18-10)12-14-4-5-17(12)3/h4-5,8-9H,6-7,13H2,1-3H3. The van der Waals surface area contributed by atoms with Gasteiger partial charge in [0.2, 0.25) is 11.7 Å². The fourth-order valence-corrected chi connectivity index (χ4v) is 1.92. The van der Waals surface area contributed by atoms with Gasteiger partial charge in [-0.3, -0.25) is 0 Å². The summed E-state index contributed by atoms with van der Waals surface area (Å²) in [6.45, 7) is 4.29. The highest BCUT2D eigenvalue weighted by Gasteiger charge is 2.15. The molecule has 0 saturated heterocycles. The van der Waals surface area contributed by atoms with Crippen LogP contribution in [-0.4, -0.2) is 25.7 Å². The molecule has 0 radical (unpaired) electrons. The van der Waals surface area contributed by atoms with Gasteiger partial charge in [-0.2, -0.15) is 4.98 Å². The molecular weight excluding hydrogens is 230 g/mol. The molecule has 2 rings (SSSR count). The van der Waals surface area contributed by atoms with Crippen molar-refractivity contribution < 1.29 is 4.52 Å². The molecule has 6 nitrogen and oxygen atoms in total. The van der Waals surface area contributed by atoms with Gasteiger partial charge in [0.15, 0.2) is 5.82 Å². The average Bonchev–Trinajstić information content (AvgIpc) is 2.85. The molecule has 2 N–H and O–H groups in total. The lowest BCUT2D eigenvalue weighted by atomic mass is 10.0. The monoisotopic (exact) mass is 249 g/mol. The van der Waals surface area contributed by atoms with Gasteiger partial charge in [-0.25, -0.2) is 4.98 Å². The van der Waals surface area contributed by atoms with Crippen LogP contribution in [0.15, 0.2) is 16.9 Å². The fraction of sp³-hybridized carbons (Fsp3) is 0.583. The second kappa shape index (κ2) is 5.30. The molecule has 2 aromatic heterocycles. The summed E-state index contributed by atoms with van der Waals surface area (Å²) in [6, 6.07) is 0.0553. The highest BCUT2D eigenvalue weighted by molar-refractivity contribution is 5.42. The third-order valence-electron chi connectivity index (χ3n) is 2.70. The zero-order chi connectivity index (χ0) is 13.1. The molecule has 0 spiro atoms. The van der Waals surface area contributed by atoms with Crippen molar-refractivity contribution in [3.63, 3.8) is 0 Å². The minimum atomic E-state index is 0.0553. The summed E-state index contributed by atoms with van der Waals surface area (Å²) in [7, 11) is 1.89. The molecule has 0 fully saturated rings.